The van der Waals surface area contributed by atoms with Gasteiger partial charge in [0.2, 0.25) is 0 Å². The van der Waals surface area contributed by atoms with Gasteiger partial charge in [-0.15, -0.1) is 11.3 Å². The second-order valence-electron chi connectivity index (χ2n) is 3.28. The molecule has 74 valence electrons. The molecule has 1 aliphatic heterocycles. The summed E-state index contributed by atoms with van der Waals surface area (Å²) in [5.74, 6) is -0.267. The number of carbonyl (C=O) groups is 2. The van der Waals surface area contributed by atoms with E-state index in [4.69, 9.17) is 0 Å². The van der Waals surface area contributed by atoms with E-state index in [1.54, 1.807) is 11.3 Å². The number of amides is 3. The van der Waals surface area contributed by atoms with Gasteiger partial charge in [0.25, 0.3) is 5.91 Å². The van der Waals surface area contributed by atoms with Crippen molar-refractivity contribution >= 4 is 23.3 Å². The van der Waals surface area contributed by atoms with Crippen LogP contribution >= 0.6 is 11.3 Å². The van der Waals surface area contributed by atoms with E-state index in [1.807, 2.05) is 19.9 Å². The molecule has 0 aliphatic carbocycles. The van der Waals surface area contributed by atoms with Crippen LogP contribution in [0.1, 0.15) is 21.4 Å². The van der Waals surface area contributed by atoms with Gasteiger partial charge in [0.05, 0.1) is 0 Å². The summed E-state index contributed by atoms with van der Waals surface area (Å²) in [6, 6.07) is 1.03. The maximum absolute atomic E-state index is 11.3. The molecule has 1 fully saturated rings. The third-order valence-corrected chi connectivity index (χ3v) is 3.46. The highest BCUT2D eigenvalue weighted by Crippen LogP contribution is 2.27. The summed E-state index contributed by atoms with van der Waals surface area (Å²) >= 11 is 1.54. The van der Waals surface area contributed by atoms with E-state index in [1.165, 1.54) is 4.88 Å². The number of thiophene rings is 1. The molecule has 14 heavy (non-hydrogen) atoms. The molecule has 0 spiro atoms. The largest absolute Gasteiger partial charge is 0.322 e. The number of nitrogens with one attached hydrogen (secondary N) is 2. The molecule has 0 saturated carbocycles. The van der Waals surface area contributed by atoms with Crippen LogP contribution in [0.25, 0.3) is 0 Å². The van der Waals surface area contributed by atoms with Crippen molar-refractivity contribution in [2.75, 3.05) is 0 Å². The molecule has 2 N–H and O–H groups in total. The molecule has 2 heterocycles. The SMILES string of the molecule is Cc1cc(C2NC(=O)NC2=O)sc1C. The van der Waals surface area contributed by atoms with Gasteiger partial charge in [0, 0.05) is 9.75 Å². The minimum absolute atomic E-state index is 0.267. The highest BCUT2D eigenvalue weighted by molar-refractivity contribution is 7.12. The first-order valence-electron chi connectivity index (χ1n) is 4.26. The van der Waals surface area contributed by atoms with Gasteiger partial charge in [0.1, 0.15) is 6.04 Å². The van der Waals surface area contributed by atoms with Gasteiger partial charge in [-0.2, -0.15) is 0 Å². The molecule has 1 atom stereocenters. The zero-order chi connectivity index (χ0) is 10.3. The summed E-state index contributed by atoms with van der Waals surface area (Å²) in [6.45, 7) is 3.99. The molecule has 4 nitrogen and oxygen atoms in total. The van der Waals surface area contributed by atoms with Crippen molar-refractivity contribution in [1.82, 2.24) is 10.6 Å². The number of carbonyl (C=O) groups excluding carboxylic acids is 2. The van der Waals surface area contributed by atoms with E-state index in [2.05, 4.69) is 10.6 Å². The van der Waals surface area contributed by atoms with Gasteiger partial charge >= 0.3 is 6.03 Å². The van der Waals surface area contributed by atoms with Crippen molar-refractivity contribution in [2.24, 2.45) is 0 Å². The predicted octanol–water partition coefficient (Wildman–Crippen LogP) is 1.25. The maximum atomic E-state index is 11.3. The molecule has 5 heteroatoms. The number of hydrogen-bond acceptors (Lipinski definition) is 3. The lowest BCUT2D eigenvalue weighted by atomic mass is 10.2. The Morgan fingerprint density at radius 3 is 2.50 bits per heavy atom. The second-order valence-corrected chi connectivity index (χ2v) is 4.57. The molecule has 2 rings (SSSR count). The predicted molar refractivity (Wildman–Crippen MR) is 53.2 cm³/mol. The minimum Gasteiger partial charge on any atom is -0.321 e. The number of aryl methyl sites for hydroxylation is 2. The monoisotopic (exact) mass is 210 g/mol. The van der Waals surface area contributed by atoms with E-state index >= 15 is 0 Å². The normalized spacial score (nSPS) is 20.9. The van der Waals surface area contributed by atoms with Crippen LogP contribution in [0.5, 0.6) is 0 Å². The summed E-state index contributed by atoms with van der Waals surface area (Å²) < 4.78 is 0. The first-order valence-corrected chi connectivity index (χ1v) is 5.08. The molecule has 1 unspecified atom stereocenters. The summed E-state index contributed by atoms with van der Waals surface area (Å²) in [7, 11) is 0. The van der Waals surface area contributed by atoms with E-state index in [-0.39, 0.29) is 5.91 Å². The maximum Gasteiger partial charge on any atom is 0.322 e. The molecular weight excluding hydrogens is 200 g/mol. The third kappa shape index (κ3) is 1.39. The topological polar surface area (TPSA) is 58.2 Å². The number of hydrogen-bond donors (Lipinski definition) is 2. The lowest BCUT2D eigenvalue weighted by Crippen LogP contribution is -2.22. The van der Waals surface area contributed by atoms with Gasteiger partial charge in [-0.05, 0) is 25.5 Å². The summed E-state index contributed by atoms with van der Waals surface area (Å²) in [5, 5.41) is 4.78. The Morgan fingerprint density at radius 2 is 2.07 bits per heavy atom. The summed E-state index contributed by atoms with van der Waals surface area (Å²) in [6.07, 6.45) is 0. The average Bonchev–Trinajstić information content (AvgIpc) is 2.57. The van der Waals surface area contributed by atoms with Crippen molar-refractivity contribution in [2.45, 2.75) is 19.9 Å². The second kappa shape index (κ2) is 3.09. The van der Waals surface area contributed by atoms with Gasteiger partial charge in [0.15, 0.2) is 0 Å². The smallest absolute Gasteiger partial charge is 0.321 e. The van der Waals surface area contributed by atoms with Crippen molar-refractivity contribution in [3.8, 4) is 0 Å². The number of rotatable bonds is 1. The van der Waals surface area contributed by atoms with Gasteiger partial charge in [-0.1, -0.05) is 0 Å². The molecule has 1 aliphatic rings. The Morgan fingerprint density at radius 1 is 1.36 bits per heavy atom. The molecule has 3 amide bonds. The van der Waals surface area contributed by atoms with Crippen molar-refractivity contribution in [3.05, 3.63) is 21.4 Å². The van der Waals surface area contributed by atoms with Crippen LogP contribution in [0.3, 0.4) is 0 Å². The van der Waals surface area contributed by atoms with E-state index in [0.717, 1.165) is 10.4 Å². The minimum atomic E-state index is -0.500. The van der Waals surface area contributed by atoms with Crippen LogP contribution in [-0.4, -0.2) is 11.9 Å². The van der Waals surface area contributed by atoms with Crippen molar-refractivity contribution in [1.29, 1.82) is 0 Å². The molecule has 0 aromatic carbocycles. The summed E-state index contributed by atoms with van der Waals surface area (Å²) in [5.41, 5.74) is 1.15. The Hall–Kier alpha value is -1.36. The standard InChI is InChI=1S/C9H10N2O2S/c1-4-3-6(14-5(4)2)7-8(12)11-9(13)10-7/h3,7H,1-2H3,(H2,10,11,12,13). The fourth-order valence-electron chi connectivity index (χ4n) is 1.36. The van der Waals surface area contributed by atoms with Crippen LogP contribution in [0.4, 0.5) is 4.79 Å². The van der Waals surface area contributed by atoms with E-state index in [9.17, 15) is 9.59 Å². The molecule has 1 saturated heterocycles. The van der Waals surface area contributed by atoms with Crippen LogP contribution in [-0.2, 0) is 4.79 Å². The van der Waals surface area contributed by atoms with Crippen molar-refractivity contribution in [3.63, 3.8) is 0 Å². The molecule has 1 aromatic rings. The van der Waals surface area contributed by atoms with E-state index in [0.29, 0.717) is 0 Å². The first-order chi connectivity index (χ1) is 6.58. The van der Waals surface area contributed by atoms with Crippen LogP contribution in [0, 0.1) is 13.8 Å². The fraction of sp³-hybridized carbons (Fsp3) is 0.333. The van der Waals surface area contributed by atoms with Gasteiger partial charge < -0.3 is 5.32 Å². The average molecular weight is 210 g/mol. The molecule has 0 radical (unpaired) electrons. The van der Waals surface area contributed by atoms with Gasteiger partial charge in [-0.25, -0.2) is 4.79 Å². The zero-order valence-electron chi connectivity index (χ0n) is 7.88. The first kappa shape index (κ1) is 9.21. The molecule has 0 bridgehead atoms. The molecular formula is C9H10N2O2S. The highest BCUT2D eigenvalue weighted by Gasteiger charge is 2.32. The lowest BCUT2D eigenvalue weighted by Gasteiger charge is -2.01. The van der Waals surface area contributed by atoms with Crippen LogP contribution in [0.2, 0.25) is 0 Å². The fourth-order valence-corrected chi connectivity index (χ4v) is 2.45. The zero-order valence-corrected chi connectivity index (χ0v) is 8.70. The van der Waals surface area contributed by atoms with Crippen molar-refractivity contribution < 1.29 is 9.59 Å². The quantitative estimate of drug-likeness (QED) is 0.685. The summed E-state index contributed by atoms with van der Waals surface area (Å²) in [4.78, 5) is 24.3. The number of imide groups is 1. The van der Waals surface area contributed by atoms with Gasteiger partial charge in [-0.3, -0.25) is 10.1 Å². The van der Waals surface area contributed by atoms with Crippen LogP contribution in [0.15, 0.2) is 6.07 Å². The third-order valence-electron chi connectivity index (χ3n) is 2.24. The Labute approximate surface area is 85.3 Å². The Balaban J connectivity index is 2.31. The molecule has 1 aromatic heterocycles. The number of urea groups is 1. The lowest BCUT2D eigenvalue weighted by molar-refractivity contribution is -0.120. The van der Waals surface area contributed by atoms with Crippen LogP contribution < -0.4 is 10.6 Å². The Bertz CT molecular complexity index is 391. The Kier molecular flexibility index (Phi) is 2.03. The highest BCUT2D eigenvalue weighted by atomic mass is 32.1. The van der Waals surface area contributed by atoms with E-state index < -0.39 is 12.1 Å².